The summed E-state index contributed by atoms with van der Waals surface area (Å²) < 4.78 is 0. The molecule has 1 aromatic carbocycles. The number of halogens is 2. The third-order valence-corrected chi connectivity index (χ3v) is 4.91. The molecule has 0 aliphatic heterocycles. The Bertz CT molecular complexity index is 866. The predicted molar refractivity (Wildman–Crippen MR) is 112 cm³/mol. The van der Waals surface area contributed by atoms with Gasteiger partial charge >= 0.3 is 0 Å². The number of anilines is 1. The van der Waals surface area contributed by atoms with Gasteiger partial charge in [-0.3, -0.25) is 0 Å². The highest BCUT2D eigenvalue weighted by molar-refractivity contribution is 6.36. The van der Waals surface area contributed by atoms with Gasteiger partial charge in [0.25, 0.3) is 0 Å². The van der Waals surface area contributed by atoms with Crippen LogP contribution in [-0.2, 0) is 12.8 Å². The highest BCUT2D eigenvalue weighted by Crippen LogP contribution is 2.32. The van der Waals surface area contributed by atoms with Crippen molar-refractivity contribution in [1.29, 1.82) is 5.41 Å². The molecule has 5 N–H and O–H groups in total. The molecule has 142 valence electrons. The van der Waals surface area contributed by atoms with Gasteiger partial charge in [0.05, 0.1) is 10.8 Å². The van der Waals surface area contributed by atoms with Gasteiger partial charge in [-0.2, -0.15) is 0 Å². The van der Waals surface area contributed by atoms with Crippen molar-refractivity contribution >= 4 is 35.2 Å². The van der Waals surface area contributed by atoms with Crippen LogP contribution in [0.3, 0.4) is 0 Å². The van der Waals surface area contributed by atoms with Crippen LogP contribution in [0.25, 0.3) is 11.4 Å². The largest absolute Gasteiger partial charge is 0.385 e. The van der Waals surface area contributed by atoms with E-state index >= 15 is 0 Å². The Morgan fingerprint density at radius 1 is 1.19 bits per heavy atom. The average molecular weight is 405 g/mol. The third-order valence-electron chi connectivity index (χ3n) is 4.36. The van der Waals surface area contributed by atoms with Gasteiger partial charge < -0.3 is 21.8 Å². The lowest BCUT2D eigenvalue weighted by Crippen LogP contribution is -2.27. The lowest BCUT2D eigenvalue weighted by molar-refractivity contribution is 0.664. The van der Waals surface area contributed by atoms with Gasteiger partial charge in [0.2, 0.25) is 0 Å². The van der Waals surface area contributed by atoms with Crippen molar-refractivity contribution in [2.24, 2.45) is 5.73 Å². The molecule has 27 heavy (non-hydrogen) atoms. The molecule has 6 nitrogen and oxygen atoms in total. The summed E-state index contributed by atoms with van der Waals surface area (Å²) in [6.45, 7) is 1.26. The number of aryl methyl sites for hydroxylation is 1. The molecular weight excluding hydrogens is 383 g/mol. The van der Waals surface area contributed by atoms with Crippen molar-refractivity contribution in [3.63, 3.8) is 0 Å². The Kier molecular flexibility index (Phi) is 6.53. The summed E-state index contributed by atoms with van der Waals surface area (Å²) in [6, 6.07) is 5.35. The number of nitrogens with zero attached hydrogens (tertiary/aromatic N) is 2. The zero-order chi connectivity index (χ0) is 19.2. The van der Waals surface area contributed by atoms with Crippen LogP contribution in [0.15, 0.2) is 30.1 Å². The number of nitrogens with two attached hydrogens (primary N) is 1. The molecule has 0 saturated carbocycles. The molecule has 0 unspecified atom stereocenters. The molecule has 1 aliphatic rings. The maximum Gasteiger partial charge on any atom is 0.163 e. The monoisotopic (exact) mass is 404 g/mol. The van der Waals surface area contributed by atoms with Crippen LogP contribution in [0.1, 0.15) is 24.1 Å². The minimum absolute atomic E-state index is 0.463. The highest BCUT2D eigenvalue weighted by Gasteiger charge is 2.19. The fourth-order valence-electron chi connectivity index (χ4n) is 3.07. The molecule has 3 rings (SSSR count). The second-order valence-electron chi connectivity index (χ2n) is 6.29. The number of nitrogens with one attached hydrogen (secondary N) is 3. The smallest absolute Gasteiger partial charge is 0.163 e. The minimum Gasteiger partial charge on any atom is -0.385 e. The van der Waals surface area contributed by atoms with E-state index in [-0.39, 0.29) is 0 Å². The van der Waals surface area contributed by atoms with Crippen LogP contribution in [0.2, 0.25) is 10.0 Å². The topological polar surface area (TPSA) is 99.7 Å². The van der Waals surface area contributed by atoms with Crippen molar-refractivity contribution in [1.82, 2.24) is 15.3 Å². The van der Waals surface area contributed by atoms with Gasteiger partial charge in [0.15, 0.2) is 5.82 Å². The van der Waals surface area contributed by atoms with Gasteiger partial charge in [0.1, 0.15) is 5.82 Å². The van der Waals surface area contributed by atoms with Crippen LogP contribution in [0, 0.1) is 5.41 Å². The van der Waals surface area contributed by atoms with Crippen LogP contribution >= 0.6 is 23.2 Å². The maximum atomic E-state index is 7.02. The minimum atomic E-state index is 0.463. The molecule has 0 radical (unpaired) electrons. The van der Waals surface area contributed by atoms with Crippen molar-refractivity contribution < 1.29 is 0 Å². The van der Waals surface area contributed by atoms with Crippen molar-refractivity contribution in [3.8, 4) is 11.4 Å². The Hall–Kier alpha value is -2.31. The number of hydrogen-bond donors (Lipinski definition) is 4. The lowest BCUT2D eigenvalue weighted by Gasteiger charge is -2.20. The van der Waals surface area contributed by atoms with Gasteiger partial charge in [-0.05, 0) is 50.0 Å². The summed E-state index contributed by atoms with van der Waals surface area (Å²) >= 11 is 12.4. The van der Waals surface area contributed by atoms with Crippen molar-refractivity contribution in [2.45, 2.75) is 25.7 Å². The average Bonchev–Trinajstić information content (AvgIpc) is 2.65. The van der Waals surface area contributed by atoms with Crippen LogP contribution in [-0.4, -0.2) is 29.3 Å². The standard InChI is InChI=1S/C19H22Cl2N6/c20-12-5-6-13(15(21)11-12)19-26-16-4-2-1-3-14(16)18(27-19)25-10-9-24-17(23)7-8-22/h5-8,11,22,24H,1-4,9-10,23H2,(H,25,26,27)/b17-7+,22-8?. The molecule has 2 aromatic rings. The molecule has 1 heterocycles. The first-order valence-electron chi connectivity index (χ1n) is 8.87. The molecule has 0 saturated heterocycles. The second-order valence-corrected chi connectivity index (χ2v) is 7.14. The summed E-state index contributed by atoms with van der Waals surface area (Å²) in [7, 11) is 0. The number of aromatic nitrogens is 2. The summed E-state index contributed by atoms with van der Waals surface area (Å²) in [5.74, 6) is 1.92. The van der Waals surface area contributed by atoms with Gasteiger partial charge in [-0.1, -0.05) is 23.2 Å². The number of fused-ring (bicyclic) bond motifs is 1. The Morgan fingerprint density at radius 3 is 2.78 bits per heavy atom. The summed E-state index contributed by atoms with van der Waals surface area (Å²) in [5.41, 5.74) is 8.75. The van der Waals surface area contributed by atoms with E-state index < -0.39 is 0 Å². The van der Waals surface area contributed by atoms with Crippen molar-refractivity contribution in [3.05, 3.63) is 51.4 Å². The molecule has 0 amide bonds. The van der Waals surface area contributed by atoms with E-state index in [0.717, 1.165) is 49.0 Å². The molecule has 1 aliphatic carbocycles. The zero-order valence-corrected chi connectivity index (χ0v) is 16.4. The Morgan fingerprint density at radius 2 is 2.00 bits per heavy atom. The molecule has 1 aromatic heterocycles. The van der Waals surface area contributed by atoms with E-state index in [1.165, 1.54) is 11.6 Å². The van der Waals surface area contributed by atoms with E-state index in [4.69, 9.17) is 44.3 Å². The first-order valence-corrected chi connectivity index (χ1v) is 9.63. The first-order chi connectivity index (χ1) is 13.1. The van der Waals surface area contributed by atoms with Gasteiger partial charge in [-0.25, -0.2) is 9.97 Å². The van der Waals surface area contributed by atoms with Crippen LogP contribution in [0.4, 0.5) is 5.82 Å². The molecular formula is C19H22Cl2N6. The van der Waals surface area contributed by atoms with Crippen molar-refractivity contribution in [2.75, 3.05) is 18.4 Å². The van der Waals surface area contributed by atoms with E-state index in [9.17, 15) is 0 Å². The van der Waals surface area contributed by atoms with E-state index in [1.807, 2.05) is 6.07 Å². The number of hydrogen-bond acceptors (Lipinski definition) is 6. The molecule has 0 fully saturated rings. The molecule has 0 atom stereocenters. The van der Waals surface area contributed by atoms with Gasteiger partial charge in [-0.15, -0.1) is 0 Å². The fraction of sp³-hybridized carbons (Fsp3) is 0.316. The van der Waals surface area contributed by atoms with Gasteiger partial charge in [0, 0.05) is 41.1 Å². The Labute approximate surface area is 168 Å². The second kappa shape index (κ2) is 9.06. The molecule has 0 bridgehead atoms. The van der Waals surface area contributed by atoms with E-state index in [2.05, 4.69) is 10.6 Å². The first kappa shape index (κ1) is 19.5. The van der Waals surface area contributed by atoms with Crippen LogP contribution < -0.4 is 16.4 Å². The SMILES string of the molecule is N=C/C=C(\N)NCCNc1nc(-c2ccc(Cl)cc2Cl)nc2c1CCCC2. The van der Waals surface area contributed by atoms with E-state index in [1.54, 1.807) is 12.1 Å². The predicted octanol–water partition coefficient (Wildman–Crippen LogP) is 3.78. The number of rotatable bonds is 7. The zero-order valence-electron chi connectivity index (χ0n) is 14.9. The van der Waals surface area contributed by atoms with Crippen LogP contribution in [0.5, 0.6) is 0 Å². The fourth-order valence-corrected chi connectivity index (χ4v) is 3.56. The lowest BCUT2D eigenvalue weighted by atomic mass is 9.96. The Balaban J connectivity index is 1.83. The molecule has 0 spiro atoms. The van der Waals surface area contributed by atoms with E-state index in [0.29, 0.717) is 34.8 Å². The summed E-state index contributed by atoms with van der Waals surface area (Å²) in [6.07, 6.45) is 6.84. The number of benzene rings is 1. The summed E-state index contributed by atoms with van der Waals surface area (Å²) in [4.78, 5) is 9.51. The normalized spacial score (nSPS) is 13.8. The quantitative estimate of drug-likeness (QED) is 0.415. The molecule has 8 heteroatoms. The number of allylic oxidation sites excluding steroid dienone is 1. The highest BCUT2D eigenvalue weighted by atomic mass is 35.5. The maximum absolute atomic E-state index is 7.02. The summed E-state index contributed by atoms with van der Waals surface area (Å²) in [5, 5.41) is 14.6. The third kappa shape index (κ3) is 4.90.